The van der Waals surface area contributed by atoms with Gasteiger partial charge in [-0.25, -0.2) is 13.2 Å². The van der Waals surface area contributed by atoms with Crippen molar-refractivity contribution in [3.8, 4) is 0 Å². The fraction of sp³-hybridized carbons (Fsp3) is 0.238. The first-order valence-corrected chi connectivity index (χ1v) is 8.54. The highest BCUT2D eigenvalue weighted by Gasteiger charge is 2.47. The van der Waals surface area contributed by atoms with Gasteiger partial charge < -0.3 is 5.11 Å². The number of anilines is 1. The molecule has 1 unspecified atom stereocenters. The molecule has 2 aromatic rings. The van der Waals surface area contributed by atoms with E-state index in [1.54, 1.807) is 20.8 Å². The molecule has 1 N–H and O–H groups in total. The molecular weight excluding hydrogens is 371 g/mol. The number of aliphatic hydroxyl groups is 1. The lowest BCUT2D eigenvalue weighted by atomic mass is 9.82. The van der Waals surface area contributed by atoms with Crippen LogP contribution in [0.15, 0.2) is 53.8 Å². The van der Waals surface area contributed by atoms with Crippen molar-refractivity contribution in [3.05, 3.63) is 76.8 Å². The molecule has 0 aliphatic carbocycles. The van der Waals surface area contributed by atoms with Crippen molar-refractivity contribution in [2.45, 2.75) is 26.8 Å². The standard InChI is InChI=1S/C21H18F3NO3/c1-21(2,3)19(27)16-17(11-4-6-12(22)7-5-11)25(20(28)18(16)26)15-9-8-13(23)10-14(15)24/h4-10,17,26H,1-3H3. The van der Waals surface area contributed by atoms with Crippen LogP contribution in [0.1, 0.15) is 32.4 Å². The molecule has 0 saturated heterocycles. The second-order valence-electron chi connectivity index (χ2n) is 7.57. The molecule has 28 heavy (non-hydrogen) atoms. The molecule has 0 radical (unpaired) electrons. The fourth-order valence-corrected chi connectivity index (χ4v) is 3.13. The van der Waals surface area contributed by atoms with E-state index in [0.717, 1.165) is 29.2 Å². The van der Waals surface area contributed by atoms with Crippen molar-refractivity contribution in [2.75, 3.05) is 4.90 Å². The minimum Gasteiger partial charge on any atom is -0.503 e. The van der Waals surface area contributed by atoms with Gasteiger partial charge in [-0.15, -0.1) is 0 Å². The number of hydrogen-bond acceptors (Lipinski definition) is 3. The van der Waals surface area contributed by atoms with Crippen molar-refractivity contribution in [3.63, 3.8) is 0 Å². The summed E-state index contributed by atoms with van der Waals surface area (Å²) >= 11 is 0. The van der Waals surface area contributed by atoms with Gasteiger partial charge in [-0.05, 0) is 29.8 Å². The van der Waals surface area contributed by atoms with Gasteiger partial charge in [0.2, 0.25) is 0 Å². The van der Waals surface area contributed by atoms with Crippen LogP contribution in [0.3, 0.4) is 0 Å². The zero-order chi connectivity index (χ0) is 20.8. The molecule has 4 nitrogen and oxygen atoms in total. The molecule has 1 amide bonds. The van der Waals surface area contributed by atoms with Gasteiger partial charge in [-0.3, -0.25) is 14.5 Å². The average Bonchev–Trinajstić information content (AvgIpc) is 2.86. The normalized spacial score (nSPS) is 17.4. The molecule has 0 aromatic heterocycles. The molecule has 7 heteroatoms. The minimum atomic E-state index is -1.18. The third kappa shape index (κ3) is 3.28. The Morgan fingerprint density at radius 2 is 1.57 bits per heavy atom. The lowest BCUT2D eigenvalue weighted by molar-refractivity contribution is -0.123. The molecule has 1 aliphatic rings. The van der Waals surface area contributed by atoms with Gasteiger partial charge in [0.25, 0.3) is 5.91 Å². The van der Waals surface area contributed by atoms with Gasteiger partial charge in [0, 0.05) is 11.5 Å². The number of halogens is 3. The van der Waals surface area contributed by atoms with E-state index >= 15 is 0 Å². The Kier molecular flexibility index (Phi) is 4.79. The number of rotatable bonds is 3. The average molecular weight is 389 g/mol. The Hall–Kier alpha value is -3.09. The maximum absolute atomic E-state index is 14.4. The van der Waals surface area contributed by atoms with Gasteiger partial charge >= 0.3 is 0 Å². The maximum Gasteiger partial charge on any atom is 0.294 e. The van der Waals surface area contributed by atoms with E-state index in [9.17, 15) is 27.9 Å². The quantitative estimate of drug-likeness (QED) is 0.834. The molecular formula is C21H18F3NO3. The zero-order valence-electron chi connectivity index (χ0n) is 15.5. The minimum absolute atomic E-state index is 0.215. The summed E-state index contributed by atoms with van der Waals surface area (Å²) in [6.45, 7) is 4.84. The van der Waals surface area contributed by atoms with Crippen LogP contribution in [0, 0.1) is 22.9 Å². The first kappa shape index (κ1) is 19.7. The molecule has 146 valence electrons. The van der Waals surface area contributed by atoms with Crippen LogP contribution in [0.25, 0.3) is 0 Å². The third-order valence-corrected chi connectivity index (χ3v) is 4.49. The molecule has 3 rings (SSSR count). The SMILES string of the molecule is CC(C)(C)C(=O)C1=C(O)C(=O)N(c2ccc(F)cc2F)C1c1ccc(F)cc1. The molecule has 0 bridgehead atoms. The monoisotopic (exact) mass is 389 g/mol. The van der Waals surface area contributed by atoms with E-state index in [1.807, 2.05) is 0 Å². The van der Waals surface area contributed by atoms with E-state index in [2.05, 4.69) is 0 Å². The number of amides is 1. The summed E-state index contributed by atoms with van der Waals surface area (Å²) in [4.78, 5) is 26.6. The highest BCUT2D eigenvalue weighted by Crippen LogP contribution is 2.44. The molecule has 1 aliphatic heterocycles. The van der Waals surface area contributed by atoms with Gasteiger partial charge in [-0.2, -0.15) is 0 Å². The number of carbonyl (C=O) groups is 2. The zero-order valence-corrected chi connectivity index (χ0v) is 15.5. The number of benzene rings is 2. The van der Waals surface area contributed by atoms with Crippen LogP contribution in [0.4, 0.5) is 18.9 Å². The molecule has 0 saturated carbocycles. The number of aliphatic hydroxyl groups excluding tert-OH is 1. The van der Waals surface area contributed by atoms with Gasteiger partial charge in [-0.1, -0.05) is 32.9 Å². The van der Waals surface area contributed by atoms with Crippen LogP contribution in [-0.2, 0) is 9.59 Å². The molecule has 0 fully saturated rings. The lowest BCUT2D eigenvalue weighted by Gasteiger charge is -2.29. The van der Waals surface area contributed by atoms with Crippen LogP contribution in [0.2, 0.25) is 0 Å². The first-order valence-electron chi connectivity index (χ1n) is 8.54. The molecule has 0 spiro atoms. The third-order valence-electron chi connectivity index (χ3n) is 4.49. The largest absolute Gasteiger partial charge is 0.503 e. The molecule has 1 atom stereocenters. The highest BCUT2D eigenvalue weighted by atomic mass is 19.1. The topological polar surface area (TPSA) is 57.6 Å². The van der Waals surface area contributed by atoms with E-state index < -0.39 is 46.4 Å². The summed E-state index contributed by atoms with van der Waals surface area (Å²) in [7, 11) is 0. The van der Waals surface area contributed by atoms with Crippen LogP contribution >= 0.6 is 0 Å². The summed E-state index contributed by atoms with van der Waals surface area (Å²) in [5.74, 6) is -4.72. The predicted molar refractivity (Wildman–Crippen MR) is 97.1 cm³/mol. The van der Waals surface area contributed by atoms with Crippen molar-refractivity contribution in [1.82, 2.24) is 0 Å². The second-order valence-corrected chi connectivity index (χ2v) is 7.57. The Labute approximate surface area is 159 Å². The second kappa shape index (κ2) is 6.82. The first-order chi connectivity index (χ1) is 13.0. The Morgan fingerprint density at radius 3 is 2.11 bits per heavy atom. The number of nitrogens with zero attached hydrogens (tertiary/aromatic N) is 1. The fourth-order valence-electron chi connectivity index (χ4n) is 3.13. The van der Waals surface area contributed by atoms with Crippen LogP contribution < -0.4 is 4.90 Å². The van der Waals surface area contributed by atoms with Gasteiger partial charge in [0.15, 0.2) is 11.5 Å². The van der Waals surface area contributed by atoms with Crippen molar-refractivity contribution < 1.29 is 27.9 Å². The van der Waals surface area contributed by atoms with Crippen LogP contribution in [-0.4, -0.2) is 16.8 Å². The Morgan fingerprint density at radius 1 is 1.00 bits per heavy atom. The van der Waals surface area contributed by atoms with Crippen LogP contribution in [0.5, 0.6) is 0 Å². The van der Waals surface area contributed by atoms with Crippen molar-refractivity contribution >= 4 is 17.4 Å². The Bertz CT molecular complexity index is 991. The maximum atomic E-state index is 14.4. The number of Topliss-reactive ketones (excluding diaryl/α,β-unsaturated/α-hetero) is 1. The molecule has 1 heterocycles. The predicted octanol–water partition coefficient (Wildman–Crippen LogP) is 4.62. The van der Waals surface area contributed by atoms with Gasteiger partial charge in [0.1, 0.15) is 17.5 Å². The van der Waals surface area contributed by atoms with Crippen molar-refractivity contribution in [1.29, 1.82) is 0 Å². The Balaban J connectivity index is 2.23. The van der Waals surface area contributed by atoms with Gasteiger partial charge in [0.05, 0.1) is 17.3 Å². The summed E-state index contributed by atoms with van der Waals surface area (Å²) in [6, 6.07) is 6.39. The number of carbonyl (C=O) groups excluding carboxylic acids is 2. The van der Waals surface area contributed by atoms with Crippen molar-refractivity contribution in [2.24, 2.45) is 5.41 Å². The smallest absolute Gasteiger partial charge is 0.294 e. The van der Waals surface area contributed by atoms with E-state index in [-0.39, 0.29) is 11.3 Å². The summed E-state index contributed by atoms with van der Waals surface area (Å²) in [6.07, 6.45) is 0. The highest BCUT2D eigenvalue weighted by molar-refractivity contribution is 6.17. The number of hydrogen-bond donors (Lipinski definition) is 1. The lowest BCUT2D eigenvalue weighted by Crippen LogP contribution is -2.33. The summed E-state index contributed by atoms with van der Waals surface area (Å²) in [5, 5.41) is 10.5. The molecule has 2 aromatic carbocycles. The van der Waals surface area contributed by atoms with E-state index in [1.165, 1.54) is 12.1 Å². The number of ketones is 1. The summed E-state index contributed by atoms with van der Waals surface area (Å²) in [5.41, 5.74) is -1.16. The summed E-state index contributed by atoms with van der Waals surface area (Å²) < 4.78 is 41.2. The van der Waals surface area contributed by atoms with E-state index in [4.69, 9.17) is 0 Å². The van der Waals surface area contributed by atoms with E-state index in [0.29, 0.717) is 11.6 Å².